The molecule has 4 heteroatoms. The summed E-state index contributed by atoms with van der Waals surface area (Å²) in [6.07, 6.45) is 3.86. The van der Waals surface area contributed by atoms with E-state index < -0.39 is 0 Å². The van der Waals surface area contributed by atoms with E-state index in [1.54, 1.807) is 4.68 Å². The van der Waals surface area contributed by atoms with Crippen LogP contribution in [0.1, 0.15) is 17.1 Å². The van der Waals surface area contributed by atoms with Gasteiger partial charge in [0.05, 0.1) is 6.20 Å². The number of aryl methyl sites for hydroxylation is 3. The molecule has 2 heterocycles. The van der Waals surface area contributed by atoms with Crippen molar-refractivity contribution in [2.24, 2.45) is 0 Å². The van der Waals surface area contributed by atoms with Crippen LogP contribution in [0.4, 0.5) is 0 Å². The molecule has 0 atom stereocenters. The van der Waals surface area contributed by atoms with Crippen LogP contribution in [0, 0.1) is 20.8 Å². The molecule has 0 unspecified atom stereocenters. The van der Waals surface area contributed by atoms with Gasteiger partial charge in [-0.05, 0) is 26.3 Å². The largest absolute Gasteiger partial charge is 0.238 e. The number of hydrogen-bond acceptors (Lipinski definition) is 3. The highest BCUT2D eigenvalue weighted by atomic mass is 15.3. The molecule has 20 heavy (non-hydrogen) atoms. The number of nitrogens with zero attached hydrogens (tertiary/aromatic N) is 4. The molecule has 0 N–H and O–H groups in total. The Morgan fingerprint density at radius 3 is 2.55 bits per heavy atom. The zero-order valence-electron chi connectivity index (χ0n) is 11.8. The molecule has 0 spiro atoms. The highest BCUT2D eigenvalue weighted by molar-refractivity contribution is 5.62. The van der Waals surface area contributed by atoms with Gasteiger partial charge < -0.3 is 0 Å². The molecule has 100 valence electrons. The fourth-order valence-corrected chi connectivity index (χ4v) is 2.24. The van der Waals surface area contributed by atoms with Crippen molar-refractivity contribution in [3.05, 3.63) is 59.8 Å². The molecule has 0 aliphatic rings. The van der Waals surface area contributed by atoms with E-state index in [2.05, 4.69) is 46.3 Å². The Morgan fingerprint density at radius 2 is 1.80 bits per heavy atom. The van der Waals surface area contributed by atoms with Gasteiger partial charge in [0, 0.05) is 23.5 Å². The average molecular weight is 264 g/mol. The summed E-state index contributed by atoms with van der Waals surface area (Å²) in [5.74, 6) is 1.56. The van der Waals surface area contributed by atoms with Crippen molar-refractivity contribution in [3.63, 3.8) is 0 Å². The molecule has 4 nitrogen and oxygen atoms in total. The maximum absolute atomic E-state index is 4.42. The monoisotopic (exact) mass is 264 g/mol. The van der Waals surface area contributed by atoms with E-state index in [-0.39, 0.29) is 0 Å². The van der Waals surface area contributed by atoms with Gasteiger partial charge in [0.2, 0.25) is 0 Å². The van der Waals surface area contributed by atoms with Crippen LogP contribution < -0.4 is 0 Å². The van der Waals surface area contributed by atoms with Crippen molar-refractivity contribution in [1.82, 2.24) is 19.7 Å². The van der Waals surface area contributed by atoms with Crippen LogP contribution in [0.5, 0.6) is 0 Å². The average Bonchev–Trinajstić information content (AvgIpc) is 2.87. The summed E-state index contributed by atoms with van der Waals surface area (Å²) in [7, 11) is 0. The van der Waals surface area contributed by atoms with Crippen molar-refractivity contribution in [1.29, 1.82) is 0 Å². The SMILES string of the molecule is Cc1cccc(-c2cnn(-c3cc(C)nc(C)n3)c2)c1. The molecule has 0 fully saturated rings. The first-order valence-electron chi connectivity index (χ1n) is 6.56. The van der Waals surface area contributed by atoms with Crippen LogP contribution in [0.2, 0.25) is 0 Å². The molecule has 0 saturated heterocycles. The third-order valence-electron chi connectivity index (χ3n) is 3.12. The lowest BCUT2D eigenvalue weighted by Gasteiger charge is -2.03. The first-order chi connectivity index (χ1) is 9.61. The van der Waals surface area contributed by atoms with Gasteiger partial charge in [-0.25, -0.2) is 14.6 Å². The lowest BCUT2D eigenvalue weighted by atomic mass is 10.1. The minimum Gasteiger partial charge on any atom is -0.238 e. The van der Waals surface area contributed by atoms with Crippen molar-refractivity contribution in [2.45, 2.75) is 20.8 Å². The fourth-order valence-electron chi connectivity index (χ4n) is 2.24. The zero-order chi connectivity index (χ0) is 14.1. The van der Waals surface area contributed by atoms with E-state index in [4.69, 9.17) is 0 Å². The Bertz CT molecular complexity index is 738. The lowest BCUT2D eigenvalue weighted by molar-refractivity contribution is 0.822. The van der Waals surface area contributed by atoms with Crippen LogP contribution in [0.15, 0.2) is 42.7 Å². The first-order valence-corrected chi connectivity index (χ1v) is 6.56. The second-order valence-corrected chi connectivity index (χ2v) is 4.96. The zero-order valence-corrected chi connectivity index (χ0v) is 11.8. The topological polar surface area (TPSA) is 43.6 Å². The number of benzene rings is 1. The van der Waals surface area contributed by atoms with Gasteiger partial charge in [-0.2, -0.15) is 5.10 Å². The smallest absolute Gasteiger partial charge is 0.157 e. The van der Waals surface area contributed by atoms with Crippen molar-refractivity contribution in [3.8, 4) is 16.9 Å². The highest BCUT2D eigenvalue weighted by Gasteiger charge is 2.06. The molecular weight excluding hydrogens is 248 g/mol. The third-order valence-corrected chi connectivity index (χ3v) is 3.12. The Kier molecular flexibility index (Phi) is 3.06. The number of aromatic nitrogens is 4. The second-order valence-electron chi connectivity index (χ2n) is 4.96. The molecule has 0 saturated carbocycles. The van der Waals surface area contributed by atoms with Crippen LogP contribution >= 0.6 is 0 Å². The van der Waals surface area contributed by atoms with Gasteiger partial charge >= 0.3 is 0 Å². The minimum atomic E-state index is 0.757. The minimum absolute atomic E-state index is 0.757. The van der Waals surface area contributed by atoms with Gasteiger partial charge in [0.25, 0.3) is 0 Å². The van der Waals surface area contributed by atoms with E-state index in [0.717, 1.165) is 22.9 Å². The van der Waals surface area contributed by atoms with Gasteiger partial charge in [0.15, 0.2) is 5.82 Å². The van der Waals surface area contributed by atoms with E-state index in [9.17, 15) is 0 Å². The van der Waals surface area contributed by atoms with Crippen molar-refractivity contribution >= 4 is 0 Å². The summed E-state index contributed by atoms with van der Waals surface area (Å²) < 4.78 is 1.79. The predicted octanol–water partition coefficient (Wildman–Crippen LogP) is 3.25. The summed E-state index contributed by atoms with van der Waals surface area (Å²) in [6.45, 7) is 5.94. The summed E-state index contributed by atoms with van der Waals surface area (Å²) in [6, 6.07) is 10.3. The summed E-state index contributed by atoms with van der Waals surface area (Å²) in [4.78, 5) is 8.70. The molecule has 3 aromatic rings. The summed E-state index contributed by atoms with van der Waals surface area (Å²) >= 11 is 0. The van der Waals surface area contributed by atoms with Crippen LogP contribution in [-0.4, -0.2) is 19.7 Å². The third kappa shape index (κ3) is 2.45. The number of hydrogen-bond donors (Lipinski definition) is 0. The molecule has 0 aliphatic carbocycles. The Balaban J connectivity index is 2.02. The Morgan fingerprint density at radius 1 is 0.950 bits per heavy atom. The maximum atomic E-state index is 4.42. The van der Waals surface area contributed by atoms with Gasteiger partial charge in [-0.15, -0.1) is 0 Å². The van der Waals surface area contributed by atoms with Crippen LogP contribution in [0.25, 0.3) is 16.9 Å². The lowest BCUT2D eigenvalue weighted by Crippen LogP contribution is -2.02. The van der Waals surface area contributed by atoms with Crippen LogP contribution in [-0.2, 0) is 0 Å². The standard InChI is InChI=1S/C16H16N4/c1-11-5-4-6-14(7-11)15-9-17-20(10-15)16-8-12(2)18-13(3)19-16/h4-10H,1-3H3. The van der Waals surface area contributed by atoms with Crippen molar-refractivity contribution in [2.75, 3.05) is 0 Å². The van der Waals surface area contributed by atoms with Crippen molar-refractivity contribution < 1.29 is 0 Å². The normalized spacial score (nSPS) is 10.8. The molecular formula is C16H16N4. The molecule has 0 bridgehead atoms. The molecule has 2 aromatic heterocycles. The molecule has 0 amide bonds. The molecule has 0 aliphatic heterocycles. The number of rotatable bonds is 2. The molecule has 1 aromatic carbocycles. The van der Waals surface area contributed by atoms with E-state index in [1.807, 2.05) is 32.3 Å². The Hall–Kier alpha value is -2.49. The Labute approximate surface area is 118 Å². The van der Waals surface area contributed by atoms with Crippen LogP contribution in [0.3, 0.4) is 0 Å². The van der Waals surface area contributed by atoms with Gasteiger partial charge in [0.1, 0.15) is 5.82 Å². The quantitative estimate of drug-likeness (QED) is 0.713. The van der Waals surface area contributed by atoms with Gasteiger partial charge in [-0.1, -0.05) is 29.8 Å². The predicted molar refractivity (Wildman–Crippen MR) is 78.8 cm³/mol. The van der Waals surface area contributed by atoms with E-state index >= 15 is 0 Å². The fraction of sp³-hybridized carbons (Fsp3) is 0.188. The summed E-state index contributed by atoms with van der Waals surface area (Å²) in [5, 5.41) is 4.40. The first kappa shape index (κ1) is 12.5. The summed E-state index contributed by atoms with van der Waals surface area (Å²) in [5.41, 5.74) is 4.44. The van der Waals surface area contributed by atoms with E-state index in [1.165, 1.54) is 11.1 Å². The maximum Gasteiger partial charge on any atom is 0.157 e. The van der Waals surface area contributed by atoms with Gasteiger partial charge in [-0.3, -0.25) is 0 Å². The molecule has 0 radical (unpaired) electrons. The van der Waals surface area contributed by atoms with E-state index in [0.29, 0.717) is 0 Å². The second kappa shape index (κ2) is 4.89. The molecule has 3 rings (SSSR count). The highest BCUT2D eigenvalue weighted by Crippen LogP contribution is 2.20.